The summed E-state index contributed by atoms with van der Waals surface area (Å²) in [7, 11) is 0. The highest BCUT2D eigenvalue weighted by molar-refractivity contribution is 6.04. The predicted molar refractivity (Wildman–Crippen MR) is 157 cm³/mol. The van der Waals surface area contributed by atoms with E-state index in [4.69, 9.17) is 9.47 Å². The van der Waals surface area contributed by atoms with Crippen molar-refractivity contribution in [3.05, 3.63) is 132 Å². The lowest BCUT2D eigenvalue weighted by Crippen LogP contribution is -2.20. The molecule has 200 valence electrons. The van der Waals surface area contributed by atoms with Gasteiger partial charge in [0.1, 0.15) is 11.5 Å². The van der Waals surface area contributed by atoms with Crippen molar-refractivity contribution in [2.75, 3.05) is 23.8 Å². The Morgan fingerprint density at radius 2 is 0.900 bits per heavy atom. The van der Waals surface area contributed by atoms with Gasteiger partial charge in [0.05, 0.1) is 0 Å². The lowest BCUT2D eigenvalue weighted by atomic mass is 10.1. The van der Waals surface area contributed by atoms with Gasteiger partial charge in [0.25, 0.3) is 11.8 Å². The van der Waals surface area contributed by atoms with Crippen LogP contribution in [0.1, 0.15) is 11.1 Å². The Bertz CT molecular complexity index is 1350. The molecular formula is C33H28N2O5. The van der Waals surface area contributed by atoms with E-state index in [0.717, 1.165) is 11.1 Å². The maximum Gasteiger partial charge on any atom is 0.262 e. The van der Waals surface area contributed by atoms with Crippen molar-refractivity contribution >= 4 is 41.1 Å². The number of benzene rings is 4. The second kappa shape index (κ2) is 14.5. The van der Waals surface area contributed by atoms with Crippen molar-refractivity contribution < 1.29 is 23.9 Å². The van der Waals surface area contributed by atoms with Gasteiger partial charge in [0, 0.05) is 11.4 Å². The van der Waals surface area contributed by atoms with Gasteiger partial charge in [-0.05, 0) is 71.8 Å². The average molecular weight is 533 g/mol. The summed E-state index contributed by atoms with van der Waals surface area (Å²) >= 11 is 0. The molecule has 0 saturated carbocycles. The molecule has 0 spiro atoms. The molecule has 2 N–H and O–H groups in total. The molecule has 2 amide bonds. The van der Waals surface area contributed by atoms with Crippen LogP contribution in [0.5, 0.6) is 11.5 Å². The molecule has 0 radical (unpaired) electrons. The second-order valence-electron chi connectivity index (χ2n) is 8.61. The van der Waals surface area contributed by atoms with Crippen molar-refractivity contribution in [1.82, 2.24) is 0 Å². The molecule has 4 rings (SSSR count). The Morgan fingerprint density at radius 3 is 1.27 bits per heavy atom. The Morgan fingerprint density at radius 1 is 0.525 bits per heavy atom. The molecule has 0 atom stereocenters. The highest BCUT2D eigenvalue weighted by Crippen LogP contribution is 2.15. The van der Waals surface area contributed by atoms with Gasteiger partial charge in [0.2, 0.25) is 0 Å². The first-order valence-electron chi connectivity index (χ1n) is 12.6. The molecule has 0 saturated heterocycles. The predicted octanol–water partition coefficient (Wildman–Crippen LogP) is 6.02. The van der Waals surface area contributed by atoms with Crippen LogP contribution in [0.25, 0.3) is 12.2 Å². The Labute approximate surface area is 232 Å². The topological polar surface area (TPSA) is 93.7 Å². The number of hydrogen-bond acceptors (Lipinski definition) is 5. The zero-order valence-electron chi connectivity index (χ0n) is 21.7. The van der Waals surface area contributed by atoms with Crippen molar-refractivity contribution in [3.63, 3.8) is 0 Å². The summed E-state index contributed by atoms with van der Waals surface area (Å²) in [4.78, 5) is 36.3. The molecule has 0 aliphatic heterocycles. The van der Waals surface area contributed by atoms with Crippen LogP contribution in [0.2, 0.25) is 0 Å². The van der Waals surface area contributed by atoms with Crippen LogP contribution in [-0.4, -0.2) is 30.8 Å². The molecule has 4 aromatic carbocycles. The summed E-state index contributed by atoms with van der Waals surface area (Å²) in [6.45, 7) is -0.214. The summed E-state index contributed by atoms with van der Waals surface area (Å²) in [5.41, 5.74) is 3.06. The van der Waals surface area contributed by atoms with Gasteiger partial charge in [-0.3, -0.25) is 14.4 Å². The lowest BCUT2D eigenvalue weighted by molar-refractivity contribution is -0.118. The molecule has 0 unspecified atom stereocenters. The third-order valence-corrected chi connectivity index (χ3v) is 5.50. The van der Waals surface area contributed by atoms with Crippen molar-refractivity contribution in [2.24, 2.45) is 0 Å². The minimum Gasteiger partial charge on any atom is -0.484 e. The largest absolute Gasteiger partial charge is 0.484 e. The summed E-state index contributed by atoms with van der Waals surface area (Å²) in [6, 6.07) is 32.5. The monoisotopic (exact) mass is 532 g/mol. The number of rotatable bonds is 12. The number of carbonyl (C=O) groups excluding carboxylic acids is 3. The molecular weight excluding hydrogens is 504 g/mol. The number of para-hydroxylation sites is 2. The summed E-state index contributed by atoms with van der Waals surface area (Å²) < 4.78 is 11.0. The zero-order valence-corrected chi connectivity index (χ0v) is 21.7. The first kappa shape index (κ1) is 27.6. The fraction of sp³-hybridized carbons (Fsp3) is 0.0606. The van der Waals surface area contributed by atoms with E-state index in [9.17, 15) is 14.4 Å². The molecule has 40 heavy (non-hydrogen) atoms. The van der Waals surface area contributed by atoms with Crippen molar-refractivity contribution in [3.8, 4) is 11.5 Å². The third-order valence-electron chi connectivity index (χ3n) is 5.50. The first-order chi connectivity index (χ1) is 19.5. The van der Waals surface area contributed by atoms with Crippen LogP contribution in [-0.2, 0) is 14.4 Å². The number of amides is 2. The molecule has 7 heteroatoms. The van der Waals surface area contributed by atoms with Gasteiger partial charge in [-0.2, -0.15) is 0 Å². The number of ketones is 1. The van der Waals surface area contributed by atoms with Crippen molar-refractivity contribution in [2.45, 2.75) is 0 Å². The number of carbonyl (C=O) groups is 3. The molecule has 0 aliphatic carbocycles. The third kappa shape index (κ3) is 9.46. The number of nitrogens with one attached hydrogen (secondary N) is 2. The SMILES string of the molecule is O=C(/C=C/c1ccc(OCC(=O)Nc2ccccc2)cc1)/C=C/c1ccc(OCC(=O)Nc2ccccc2)cc1. The summed E-state index contributed by atoms with van der Waals surface area (Å²) in [5.74, 6) is 0.435. The minimum absolute atomic E-state index is 0.107. The van der Waals surface area contributed by atoms with Crippen LogP contribution in [0.3, 0.4) is 0 Å². The standard InChI is InChI=1S/C33H28N2O5/c36-29(17-11-25-13-19-30(20-14-25)39-23-32(37)34-27-7-3-1-4-8-27)18-12-26-15-21-31(22-16-26)40-24-33(38)35-28-9-5-2-6-10-28/h1-22H,23-24H2,(H,34,37)(H,35,38)/b17-11+,18-12+. The maximum absolute atomic E-state index is 12.3. The Hall–Kier alpha value is -5.43. The van der Waals surface area contributed by atoms with Gasteiger partial charge in [-0.1, -0.05) is 72.8 Å². The van der Waals surface area contributed by atoms with Gasteiger partial charge in [-0.15, -0.1) is 0 Å². The molecule has 4 aromatic rings. The van der Waals surface area contributed by atoms with Gasteiger partial charge in [-0.25, -0.2) is 0 Å². The fourth-order valence-corrected chi connectivity index (χ4v) is 3.50. The van der Waals surface area contributed by atoms with Crippen LogP contribution in [0, 0.1) is 0 Å². The number of hydrogen-bond donors (Lipinski definition) is 2. The fourth-order valence-electron chi connectivity index (χ4n) is 3.50. The minimum atomic E-state index is -0.249. The molecule has 0 aromatic heterocycles. The van der Waals surface area contributed by atoms with E-state index in [2.05, 4.69) is 10.6 Å². The highest BCUT2D eigenvalue weighted by atomic mass is 16.5. The molecule has 0 fully saturated rings. The van der Waals surface area contributed by atoms with Crippen LogP contribution >= 0.6 is 0 Å². The number of ether oxygens (including phenoxy) is 2. The smallest absolute Gasteiger partial charge is 0.262 e. The Kier molecular flexibility index (Phi) is 10.0. The lowest BCUT2D eigenvalue weighted by Gasteiger charge is -2.07. The average Bonchev–Trinajstić information content (AvgIpc) is 2.99. The Balaban J connectivity index is 1.18. The van der Waals surface area contributed by atoms with E-state index < -0.39 is 0 Å². The summed E-state index contributed by atoms with van der Waals surface area (Å²) in [6.07, 6.45) is 6.36. The van der Waals surface area contributed by atoms with Gasteiger partial charge < -0.3 is 20.1 Å². The van der Waals surface area contributed by atoms with Crippen LogP contribution in [0.4, 0.5) is 11.4 Å². The number of allylic oxidation sites excluding steroid dienone is 2. The molecule has 7 nitrogen and oxygen atoms in total. The van der Waals surface area contributed by atoms with E-state index in [0.29, 0.717) is 22.9 Å². The quantitative estimate of drug-likeness (QED) is 0.218. The van der Waals surface area contributed by atoms with E-state index in [1.165, 1.54) is 12.2 Å². The van der Waals surface area contributed by atoms with Gasteiger partial charge >= 0.3 is 0 Å². The van der Waals surface area contributed by atoms with E-state index >= 15 is 0 Å². The normalized spacial score (nSPS) is 10.8. The van der Waals surface area contributed by atoms with E-state index in [-0.39, 0.29) is 30.8 Å². The van der Waals surface area contributed by atoms with Crippen LogP contribution < -0.4 is 20.1 Å². The molecule has 0 aliphatic rings. The van der Waals surface area contributed by atoms with E-state index in [1.54, 1.807) is 84.9 Å². The zero-order chi connectivity index (χ0) is 28.0. The number of anilines is 2. The van der Waals surface area contributed by atoms with Crippen molar-refractivity contribution in [1.29, 1.82) is 0 Å². The first-order valence-corrected chi connectivity index (χ1v) is 12.6. The molecule has 0 bridgehead atoms. The maximum atomic E-state index is 12.3. The second-order valence-corrected chi connectivity index (χ2v) is 8.61. The van der Waals surface area contributed by atoms with E-state index in [1.807, 2.05) is 36.4 Å². The molecule has 0 heterocycles. The highest BCUT2D eigenvalue weighted by Gasteiger charge is 2.05. The van der Waals surface area contributed by atoms with Gasteiger partial charge in [0.15, 0.2) is 19.0 Å². The summed E-state index contributed by atoms with van der Waals surface area (Å²) in [5, 5.41) is 5.52. The van der Waals surface area contributed by atoms with Crippen LogP contribution in [0.15, 0.2) is 121 Å².